The van der Waals surface area contributed by atoms with E-state index >= 15 is 0 Å². The lowest BCUT2D eigenvalue weighted by molar-refractivity contribution is 0.150. The molecule has 2 aliphatic rings. The van der Waals surface area contributed by atoms with Gasteiger partial charge in [-0.25, -0.2) is 4.99 Å². The Balaban J connectivity index is 1.48. The van der Waals surface area contributed by atoms with Gasteiger partial charge in [0, 0.05) is 38.8 Å². The summed E-state index contributed by atoms with van der Waals surface area (Å²) in [5.74, 6) is 2.17. The Labute approximate surface area is 168 Å². The van der Waals surface area contributed by atoms with Crippen molar-refractivity contribution in [2.75, 3.05) is 46.5 Å². The van der Waals surface area contributed by atoms with E-state index in [-0.39, 0.29) is 5.75 Å². The van der Waals surface area contributed by atoms with Crippen LogP contribution in [0.3, 0.4) is 0 Å². The van der Waals surface area contributed by atoms with Crippen molar-refractivity contribution >= 4 is 5.96 Å². The van der Waals surface area contributed by atoms with E-state index in [2.05, 4.69) is 27.4 Å². The molecule has 2 heterocycles. The maximum atomic E-state index is 9.93. The van der Waals surface area contributed by atoms with Gasteiger partial charge >= 0.3 is 0 Å². The average Bonchev–Trinajstić information content (AvgIpc) is 3.21. The molecular formula is C21H34N4O3. The van der Waals surface area contributed by atoms with Gasteiger partial charge in [-0.05, 0) is 49.8 Å². The van der Waals surface area contributed by atoms with Crippen LogP contribution in [0.25, 0.3) is 0 Å². The minimum absolute atomic E-state index is 0.146. The van der Waals surface area contributed by atoms with Crippen molar-refractivity contribution in [2.45, 2.75) is 38.8 Å². The smallest absolute Gasteiger partial charge is 0.191 e. The molecule has 0 radical (unpaired) electrons. The number of hydrogen-bond acceptors (Lipinski definition) is 5. The number of nitrogens with one attached hydrogen (secondary N) is 2. The zero-order valence-corrected chi connectivity index (χ0v) is 17.1. The summed E-state index contributed by atoms with van der Waals surface area (Å²) in [6.07, 6.45) is 3.46. The van der Waals surface area contributed by atoms with E-state index < -0.39 is 0 Å². The number of phenolic OH excluding ortho intramolecular Hbond substituents is 1. The Morgan fingerprint density at radius 1 is 1.32 bits per heavy atom. The monoisotopic (exact) mass is 390 g/mol. The number of rotatable bonds is 7. The summed E-state index contributed by atoms with van der Waals surface area (Å²) in [7, 11) is 1.55. The lowest BCUT2D eigenvalue weighted by atomic mass is 10.0. The van der Waals surface area contributed by atoms with Crippen LogP contribution in [-0.4, -0.2) is 68.5 Å². The number of ether oxygens (including phenoxy) is 2. The normalized spacial score (nSPS) is 21.6. The summed E-state index contributed by atoms with van der Waals surface area (Å²) in [4.78, 5) is 7.26. The first kappa shape index (κ1) is 20.7. The second kappa shape index (κ2) is 10.5. The van der Waals surface area contributed by atoms with Crippen molar-refractivity contribution in [2.24, 2.45) is 10.9 Å². The maximum Gasteiger partial charge on any atom is 0.191 e. The van der Waals surface area contributed by atoms with Crippen molar-refractivity contribution in [1.82, 2.24) is 15.5 Å². The van der Waals surface area contributed by atoms with Crippen molar-refractivity contribution in [1.29, 1.82) is 0 Å². The first-order valence-electron chi connectivity index (χ1n) is 10.4. The number of piperidine rings is 1. The lowest BCUT2D eigenvalue weighted by Gasteiger charge is -2.34. The van der Waals surface area contributed by atoms with E-state index in [1.807, 2.05) is 6.07 Å². The number of likely N-dealkylation sites (tertiary alicyclic amines) is 1. The molecule has 28 heavy (non-hydrogen) atoms. The van der Waals surface area contributed by atoms with Crippen molar-refractivity contribution in [3.05, 3.63) is 23.8 Å². The van der Waals surface area contributed by atoms with Crippen LogP contribution in [-0.2, 0) is 11.3 Å². The third kappa shape index (κ3) is 6.01. The highest BCUT2D eigenvalue weighted by Crippen LogP contribution is 2.26. The van der Waals surface area contributed by atoms with Crippen LogP contribution < -0.4 is 15.4 Å². The fourth-order valence-corrected chi connectivity index (χ4v) is 3.87. The number of nitrogens with zero attached hydrogens (tertiary/aromatic N) is 2. The molecule has 2 saturated heterocycles. The molecule has 1 aromatic rings. The summed E-state index contributed by atoms with van der Waals surface area (Å²) in [6.45, 7) is 8.67. The van der Waals surface area contributed by atoms with Crippen LogP contribution in [0.4, 0.5) is 0 Å². The van der Waals surface area contributed by atoms with Gasteiger partial charge < -0.3 is 30.1 Å². The fourth-order valence-electron chi connectivity index (χ4n) is 3.87. The van der Waals surface area contributed by atoms with Gasteiger partial charge in [0.1, 0.15) is 0 Å². The summed E-state index contributed by atoms with van der Waals surface area (Å²) in [6, 6.07) is 5.85. The summed E-state index contributed by atoms with van der Waals surface area (Å²) in [5.41, 5.74) is 0.948. The molecule has 0 aliphatic carbocycles. The van der Waals surface area contributed by atoms with Crippen LogP contribution >= 0.6 is 0 Å². The molecule has 3 rings (SSSR count). The number of hydrogen-bond donors (Lipinski definition) is 3. The summed E-state index contributed by atoms with van der Waals surface area (Å²) < 4.78 is 10.6. The van der Waals surface area contributed by atoms with E-state index in [1.165, 1.54) is 13.0 Å². The van der Waals surface area contributed by atoms with Gasteiger partial charge in [0.25, 0.3) is 0 Å². The fraction of sp³-hybridized carbons (Fsp3) is 0.667. The zero-order valence-electron chi connectivity index (χ0n) is 17.1. The number of aliphatic imine (C=N–C) groups is 1. The predicted molar refractivity (Wildman–Crippen MR) is 111 cm³/mol. The molecule has 1 aromatic carbocycles. The SMILES string of the molecule is CCNC(=NCc1ccc(OC)c(O)c1)NC1CCN(CC2CCOC2)CC1. The van der Waals surface area contributed by atoms with Gasteiger partial charge in [0.2, 0.25) is 0 Å². The molecule has 1 atom stereocenters. The van der Waals surface area contributed by atoms with E-state index in [0.717, 1.165) is 57.2 Å². The molecule has 1 unspecified atom stereocenters. The van der Waals surface area contributed by atoms with Gasteiger partial charge in [0.15, 0.2) is 17.5 Å². The second-order valence-corrected chi connectivity index (χ2v) is 7.65. The van der Waals surface area contributed by atoms with Gasteiger partial charge in [-0.3, -0.25) is 0 Å². The summed E-state index contributed by atoms with van der Waals surface area (Å²) in [5, 5.41) is 16.8. The van der Waals surface area contributed by atoms with E-state index in [0.29, 0.717) is 24.3 Å². The molecule has 2 fully saturated rings. The van der Waals surface area contributed by atoms with Crippen molar-refractivity contribution in [3.63, 3.8) is 0 Å². The average molecular weight is 391 g/mol. The van der Waals surface area contributed by atoms with Crippen LogP contribution in [0, 0.1) is 5.92 Å². The first-order chi connectivity index (χ1) is 13.7. The number of methoxy groups -OCH3 is 1. The Morgan fingerprint density at radius 3 is 2.79 bits per heavy atom. The van der Waals surface area contributed by atoms with Crippen LogP contribution in [0.15, 0.2) is 23.2 Å². The molecule has 156 valence electrons. The van der Waals surface area contributed by atoms with Crippen molar-refractivity contribution < 1.29 is 14.6 Å². The van der Waals surface area contributed by atoms with Crippen LogP contribution in [0.2, 0.25) is 0 Å². The molecule has 0 saturated carbocycles. The van der Waals surface area contributed by atoms with Gasteiger partial charge in [-0.2, -0.15) is 0 Å². The largest absolute Gasteiger partial charge is 0.504 e. The molecule has 0 aromatic heterocycles. The minimum atomic E-state index is 0.146. The molecule has 2 aliphatic heterocycles. The molecule has 0 spiro atoms. The van der Waals surface area contributed by atoms with E-state index in [9.17, 15) is 5.11 Å². The third-order valence-corrected chi connectivity index (χ3v) is 5.48. The van der Waals surface area contributed by atoms with E-state index in [4.69, 9.17) is 9.47 Å². The first-order valence-corrected chi connectivity index (χ1v) is 10.4. The van der Waals surface area contributed by atoms with Gasteiger partial charge in [-0.15, -0.1) is 0 Å². The van der Waals surface area contributed by atoms with Gasteiger partial charge in [-0.1, -0.05) is 6.07 Å². The molecular weight excluding hydrogens is 356 g/mol. The summed E-state index contributed by atoms with van der Waals surface area (Å²) >= 11 is 0. The Kier molecular flexibility index (Phi) is 7.80. The zero-order chi connectivity index (χ0) is 19.8. The molecule has 7 heteroatoms. The molecule has 0 bridgehead atoms. The second-order valence-electron chi connectivity index (χ2n) is 7.65. The van der Waals surface area contributed by atoms with Crippen LogP contribution in [0.1, 0.15) is 31.7 Å². The lowest BCUT2D eigenvalue weighted by Crippen LogP contribution is -2.49. The van der Waals surface area contributed by atoms with Crippen LogP contribution in [0.5, 0.6) is 11.5 Å². The molecule has 7 nitrogen and oxygen atoms in total. The minimum Gasteiger partial charge on any atom is -0.504 e. The van der Waals surface area contributed by atoms with Gasteiger partial charge in [0.05, 0.1) is 20.3 Å². The maximum absolute atomic E-state index is 9.93. The number of guanidine groups is 1. The highest BCUT2D eigenvalue weighted by molar-refractivity contribution is 5.80. The Bertz CT molecular complexity index is 639. The Hall–Kier alpha value is -1.99. The molecule has 0 amide bonds. The highest BCUT2D eigenvalue weighted by atomic mass is 16.5. The van der Waals surface area contributed by atoms with Crippen molar-refractivity contribution in [3.8, 4) is 11.5 Å². The number of phenols is 1. The van der Waals surface area contributed by atoms with E-state index in [1.54, 1.807) is 19.2 Å². The quantitative estimate of drug-likeness (QED) is 0.488. The topological polar surface area (TPSA) is 78.4 Å². The molecule has 3 N–H and O–H groups in total. The Morgan fingerprint density at radius 2 is 2.14 bits per heavy atom. The predicted octanol–water partition coefficient (Wildman–Crippen LogP) is 1.96. The number of aromatic hydroxyl groups is 1. The highest BCUT2D eigenvalue weighted by Gasteiger charge is 2.24. The number of benzene rings is 1. The standard InChI is InChI=1S/C21H34N4O3/c1-3-22-21(23-13-16-4-5-20(27-2)19(26)12-16)24-18-6-9-25(10-7-18)14-17-8-11-28-15-17/h4-5,12,17-18,26H,3,6-11,13-15H2,1-2H3,(H2,22,23,24). The third-order valence-electron chi connectivity index (χ3n) is 5.48.